The van der Waals surface area contributed by atoms with Gasteiger partial charge in [-0.3, -0.25) is 9.59 Å². The van der Waals surface area contributed by atoms with Crippen molar-refractivity contribution >= 4 is 33.4 Å². The van der Waals surface area contributed by atoms with Gasteiger partial charge in [-0.1, -0.05) is 11.6 Å². The predicted octanol–water partition coefficient (Wildman–Crippen LogP) is 1.62. The fourth-order valence-electron chi connectivity index (χ4n) is 1.89. The van der Waals surface area contributed by atoms with E-state index in [0.29, 0.717) is 6.07 Å². The molecule has 1 aromatic carbocycles. The van der Waals surface area contributed by atoms with E-state index in [1.807, 2.05) is 4.72 Å². The van der Waals surface area contributed by atoms with Gasteiger partial charge in [0.05, 0.1) is 15.5 Å². The number of nitrogens with one attached hydrogen (secondary N) is 2. The topological polar surface area (TPSA) is 95.6 Å². The van der Waals surface area contributed by atoms with E-state index in [-0.39, 0.29) is 31.8 Å². The molecule has 0 saturated carbocycles. The summed E-state index contributed by atoms with van der Waals surface area (Å²) in [5.74, 6) is -0.685. The monoisotopic (exact) mass is 429 g/mol. The number of halogens is 4. The average molecular weight is 430 g/mol. The van der Waals surface area contributed by atoms with Gasteiger partial charge in [0.1, 0.15) is 0 Å². The van der Waals surface area contributed by atoms with Gasteiger partial charge in [-0.15, -0.1) is 0 Å². The molecule has 0 unspecified atom stereocenters. The standard InChI is InChI=1S/C15H19ClF3N3O4S/c1-22(2)14(24)6-7-20-13(23)5-8-21-27(25,26)10-3-4-12(16)11(9-10)15(17,18)19/h3-4,9,21H,5-8H2,1-2H3,(H,20,23). The largest absolute Gasteiger partial charge is 0.417 e. The molecule has 0 atom stereocenters. The highest BCUT2D eigenvalue weighted by Gasteiger charge is 2.34. The Bertz CT molecular complexity index is 798. The molecule has 0 fully saturated rings. The summed E-state index contributed by atoms with van der Waals surface area (Å²) in [7, 11) is -1.11. The van der Waals surface area contributed by atoms with E-state index < -0.39 is 37.6 Å². The van der Waals surface area contributed by atoms with Gasteiger partial charge in [-0.05, 0) is 18.2 Å². The van der Waals surface area contributed by atoms with Crippen LogP contribution in [0.15, 0.2) is 23.1 Å². The molecule has 2 amide bonds. The van der Waals surface area contributed by atoms with Crippen LogP contribution in [-0.4, -0.2) is 52.3 Å². The summed E-state index contributed by atoms with van der Waals surface area (Å²) in [6, 6.07) is 2.21. The zero-order valence-corrected chi connectivity index (χ0v) is 16.1. The van der Waals surface area contributed by atoms with Crippen LogP contribution in [0.3, 0.4) is 0 Å². The highest BCUT2D eigenvalue weighted by molar-refractivity contribution is 7.89. The maximum absolute atomic E-state index is 12.8. The third kappa shape index (κ3) is 7.35. The van der Waals surface area contributed by atoms with Gasteiger partial charge in [-0.2, -0.15) is 13.2 Å². The van der Waals surface area contributed by atoms with E-state index in [4.69, 9.17) is 11.6 Å². The summed E-state index contributed by atoms with van der Waals surface area (Å²) in [4.78, 5) is 23.7. The van der Waals surface area contributed by atoms with Crippen LogP contribution in [0.2, 0.25) is 5.02 Å². The van der Waals surface area contributed by atoms with E-state index in [0.717, 1.165) is 12.1 Å². The zero-order valence-electron chi connectivity index (χ0n) is 14.6. The summed E-state index contributed by atoms with van der Waals surface area (Å²) in [5, 5.41) is 1.83. The normalized spacial score (nSPS) is 11.9. The highest BCUT2D eigenvalue weighted by Crippen LogP contribution is 2.35. The highest BCUT2D eigenvalue weighted by atomic mass is 35.5. The Morgan fingerprint density at radius 3 is 2.33 bits per heavy atom. The van der Waals surface area contributed by atoms with E-state index in [2.05, 4.69) is 5.32 Å². The van der Waals surface area contributed by atoms with Crippen LogP contribution >= 0.6 is 11.6 Å². The number of sulfonamides is 1. The van der Waals surface area contributed by atoms with Crippen LogP contribution in [0.5, 0.6) is 0 Å². The number of nitrogens with zero attached hydrogens (tertiary/aromatic N) is 1. The maximum atomic E-state index is 12.8. The van der Waals surface area contributed by atoms with Gasteiger partial charge in [0.15, 0.2) is 0 Å². The molecular formula is C15H19ClF3N3O4S. The van der Waals surface area contributed by atoms with E-state index in [1.165, 1.54) is 4.90 Å². The molecule has 152 valence electrons. The molecular weight excluding hydrogens is 411 g/mol. The molecule has 1 aromatic rings. The summed E-state index contributed by atoms with van der Waals surface area (Å²) in [5.41, 5.74) is -1.27. The van der Waals surface area contributed by atoms with Crippen molar-refractivity contribution in [2.45, 2.75) is 23.9 Å². The van der Waals surface area contributed by atoms with E-state index in [1.54, 1.807) is 14.1 Å². The number of amides is 2. The number of carbonyl (C=O) groups excluding carboxylic acids is 2. The Kier molecular flexibility index (Phi) is 8.05. The van der Waals surface area contributed by atoms with Crippen LogP contribution < -0.4 is 10.0 Å². The summed E-state index contributed by atoms with van der Waals surface area (Å²) in [6.45, 7) is -0.228. The lowest BCUT2D eigenvalue weighted by atomic mass is 10.2. The van der Waals surface area contributed by atoms with Crippen molar-refractivity contribution in [1.82, 2.24) is 14.9 Å². The van der Waals surface area contributed by atoms with Crippen molar-refractivity contribution < 1.29 is 31.2 Å². The van der Waals surface area contributed by atoms with Gasteiger partial charge in [0.25, 0.3) is 0 Å². The molecule has 0 aliphatic rings. The minimum Gasteiger partial charge on any atom is -0.356 e. The molecule has 0 saturated heterocycles. The minimum absolute atomic E-state index is 0.0920. The fraction of sp³-hybridized carbons (Fsp3) is 0.467. The van der Waals surface area contributed by atoms with Gasteiger partial charge in [0.2, 0.25) is 21.8 Å². The number of hydrogen-bond donors (Lipinski definition) is 2. The maximum Gasteiger partial charge on any atom is 0.417 e. The summed E-state index contributed by atoms with van der Waals surface area (Å²) in [6.07, 6.45) is -4.95. The number of carbonyl (C=O) groups is 2. The molecule has 0 aliphatic heterocycles. The van der Waals surface area contributed by atoms with Gasteiger partial charge in [-0.25, -0.2) is 13.1 Å². The van der Waals surface area contributed by atoms with Crippen LogP contribution in [0.25, 0.3) is 0 Å². The number of hydrogen-bond acceptors (Lipinski definition) is 4. The predicted molar refractivity (Wildman–Crippen MR) is 92.6 cm³/mol. The van der Waals surface area contributed by atoms with Crippen molar-refractivity contribution in [2.75, 3.05) is 27.2 Å². The van der Waals surface area contributed by atoms with Crippen molar-refractivity contribution in [3.8, 4) is 0 Å². The molecule has 7 nitrogen and oxygen atoms in total. The minimum atomic E-state index is -4.80. The quantitative estimate of drug-likeness (QED) is 0.656. The Hall–Kier alpha value is -1.85. The second kappa shape index (κ2) is 9.38. The molecule has 0 bridgehead atoms. The SMILES string of the molecule is CN(C)C(=O)CCNC(=O)CCNS(=O)(=O)c1ccc(Cl)c(C(F)(F)F)c1. The molecule has 12 heteroatoms. The molecule has 27 heavy (non-hydrogen) atoms. The molecule has 1 rings (SSSR count). The summed E-state index contributed by atoms with van der Waals surface area (Å²) >= 11 is 5.45. The Labute approximate surface area is 159 Å². The van der Waals surface area contributed by atoms with Crippen molar-refractivity contribution in [2.24, 2.45) is 0 Å². The number of alkyl halides is 3. The third-order valence-electron chi connectivity index (χ3n) is 3.36. The Balaban J connectivity index is 2.59. The van der Waals surface area contributed by atoms with Gasteiger partial charge < -0.3 is 10.2 Å². The molecule has 0 radical (unpaired) electrons. The molecule has 0 heterocycles. The van der Waals surface area contributed by atoms with Gasteiger partial charge >= 0.3 is 6.18 Å². The molecule has 0 aromatic heterocycles. The first kappa shape index (κ1) is 23.2. The van der Waals surface area contributed by atoms with Crippen LogP contribution in [0, 0.1) is 0 Å². The van der Waals surface area contributed by atoms with Crippen molar-refractivity contribution in [3.63, 3.8) is 0 Å². The smallest absolute Gasteiger partial charge is 0.356 e. The number of rotatable bonds is 8. The first-order chi connectivity index (χ1) is 12.3. The van der Waals surface area contributed by atoms with Crippen LogP contribution in [-0.2, 0) is 25.8 Å². The Morgan fingerprint density at radius 1 is 1.15 bits per heavy atom. The average Bonchev–Trinajstić information content (AvgIpc) is 2.53. The van der Waals surface area contributed by atoms with Crippen molar-refractivity contribution in [3.05, 3.63) is 28.8 Å². The van der Waals surface area contributed by atoms with E-state index in [9.17, 15) is 31.2 Å². The van der Waals surface area contributed by atoms with Crippen LogP contribution in [0.1, 0.15) is 18.4 Å². The second-order valence-electron chi connectivity index (χ2n) is 5.68. The Morgan fingerprint density at radius 2 is 1.78 bits per heavy atom. The third-order valence-corrected chi connectivity index (χ3v) is 5.15. The van der Waals surface area contributed by atoms with E-state index >= 15 is 0 Å². The van der Waals surface area contributed by atoms with Gasteiger partial charge in [0, 0.05) is 40.0 Å². The zero-order chi connectivity index (χ0) is 20.8. The fourth-order valence-corrected chi connectivity index (χ4v) is 3.17. The summed E-state index contributed by atoms with van der Waals surface area (Å²) < 4.78 is 64.7. The number of benzene rings is 1. The molecule has 2 N–H and O–H groups in total. The lowest BCUT2D eigenvalue weighted by Gasteiger charge is -2.12. The van der Waals surface area contributed by atoms with Crippen LogP contribution in [0.4, 0.5) is 13.2 Å². The molecule has 0 aliphatic carbocycles. The van der Waals surface area contributed by atoms with Crippen molar-refractivity contribution in [1.29, 1.82) is 0 Å². The lowest BCUT2D eigenvalue weighted by Crippen LogP contribution is -2.33. The molecule has 0 spiro atoms. The lowest BCUT2D eigenvalue weighted by molar-refractivity contribution is -0.137. The first-order valence-electron chi connectivity index (χ1n) is 7.68. The first-order valence-corrected chi connectivity index (χ1v) is 9.54. The second-order valence-corrected chi connectivity index (χ2v) is 7.85.